The van der Waals surface area contributed by atoms with E-state index < -0.39 is 23.2 Å². The van der Waals surface area contributed by atoms with Crippen molar-refractivity contribution in [1.29, 1.82) is 0 Å². The van der Waals surface area contributed by atoms with Crippen LogP contribution in [0.5, 0.6) is 0 Å². The van der Waals surface area contributed by atoms with Crippen molar-refractivity contribution < 1.29 is 19.4 Å². The van der Waals surface area contributed by atoms with E-state index in [1.807, 2.05) is 24.3 Å². The van der Waals surface area contributed by atoms with E-state index in [2.05, 4.69) is 11.9 Å². The number of ether oxygens (including phenoxy) is 1. The second kappa shape index (κ2) is 7.31. The number of nitrogens with one attached hydrogen (secondary N) is 1. The quantitative estimate of drug-likeness (QED) is 0.789. The van der Waals surface area contributed by atoms with Gasteiger partial charge in [-0.05, 0) is 45.2 Å². The molecule has 0 saturated heterocycles. The molecule has 23 heavy (non-hydrogen) atoms. The van der Waals surface area contributed by atoms with Crippen LogP contribution in [0.1, 0.15) is 38.8 Å². The summed E-state index contributed by atoms with van der Waals surface area (Å²) < 4.78 is 5.16. The summed E-state index contributed by atoms with van der Waals surface area (Å²) in [4.78, 5) is 23.6. The molecular weight excluding hydrogens is 294 g/mol. The highest BCUT2D eigenvalue weighted by Crippen LogP contribution is 2.17. The smallest absolute Gasteiger partial charge is 0.408 e. The summed E-state index contributed by atoms with van der Waals surface area (Å²) in [6, 6.07) is 7.57. The fraction of sp³-hybridized carbons (Fsp3) is 0.444. The molecular formula is C18H25NO4. The largest absolute Gasteiger partial charge is 0.480 e. The number of allylic oxidation sites excluding steroid dienone is 1. The van der Waals surface area contributed by atoms with Gasteiger partial charge in [-0.25, -0.2) is 9.59 Å². The van der Waals surface area contributed by atoms with Crippen LogP contribution >= 0.6 is 0 Å². The second-order valence-electron chi connectivity index (χ2n) is 6.75. The summed E-state index contributed by atoms with van der Waals surface area (Å²) in [5, 5.41) is 12.0. The van der Waals surface area contributed by atoms with Gasteiger partial charge in [-0.2, -0.15) is 0 Å². The molecule has 1 rings (SSSR count). The van der Waals surface area contributed by atoms with Crippen LogP contribution < -0.4 is 5.32 Å². The third kappa shape index (κ3) is 6.14. The summed E-state index contributed by atoms with van der Waals surface area (Å²) in [5.41, 5.74) is -0.268. The number of carbonyl (C=O) groups excluding carboxylic acids is 1. The Morgan fingerprint density at radius 3 is 2.39 bits per heavy atom. The van der Waals surface area contributed by atoms with Crippen molar-refractivity contribution in [2.24, 2.45) is 0 Å². The van der Waals surface area contributed by atoms with Crippen molar-refractivity contribution in [2.45, 2.75) is 51.7 Å². The summed E-state index contributed by atoms with van der Waals surface area (Å²) in [7, 11) is 0. The molecule has 5 heteroatoms. The molecule has 0 bridgehead atoms. The van der Waals surface area contributed by atoms with Gasteiger partial charge in [0, 0.05) is 6.42 Å². The number of aliphatic carboxylic acids is 1. The summed E-state index contributed by atoms with van der Waals surface area (Å²) in [6.07, 6.45) is 1.91. The van der Waals surface area contributed by atoms with Gasteiger partial charge in [0.1, 0.15) is 11.1 Å². The molecule has 0 saturated carbocycles. The third-order valence-corrected chi connectivity index (χ3v) is 3.18. The number of carbonyl (C=O) groups is 2. The summed E-state index contributed by atoms with van der Waals surface area (Å²) in [6.45, 7) is 10.3. The van der Waals surface area contributed by atoms with E-state index >= 15 is 0 Å². The molecule has 0 radical (unpaired) electrons. The Morgan fingerprint density at radius 2 is 1.87 bits per heavy atom. The van der Waals surface area contributed by atoms with Crippen LogP contribution in [0.25, 0.3) is 0 Å². The van der Waals surface area contributed by atoms with Gasteiger partial charge in [0.05, 0.1) is 0 Å². The highest BCUT2D eigenvalue weighted by molar-refractivity contribution is 5.84. The molecule has 0 heterocycles. The minimum absolute atomic E-state index is 0.159. The van der Waals surface area contributed by atoms with Crippen molar-refractivity contribution in [1.82, 2.24) is 5.32 Å². The van der Waals surface area contributed by atoms with Crippen LogP contribution in [0.2, 0.25) is 0 Å². The normalized spacial score (nSPS) is 13.7. The molecule has 1 amide bonds. The van der Waals surface area contributed by atoms with Crippen molar-refractivity contribution in [3.8, 4) is 0 Å². The minimum atomic E-state index is -1.45. The standard InChI is InChI=1S/C18H25NO4/c1-6-8-13-9-7-10-14(11-13)12-18(5,15(20)21)19-16(22)23-17(2,3)4/h6-7,9-11H,1,8,12H2,2-5H3,(H,19,22)(H,20,21). The van der Waals surface area contributed by atoms with Crippen LogP contribution in [0.4, 0.5) is 4.79 Å². The number of rotatable bonds is 6. The van der Waals surface area contributed by atoms with Gasteiger partial charge in [-0.3, -0.25) is 0 Å². The van der Waals surface area contributed by atoms with Crippen molar-refractivity contribution in [3.63, 3.8) is 0 Å². The molecule has 0 aliphatic carbocycles. The molecule has 0 aromatic heterocycles. The first-order chi connectivity index (χ1) is 10.6. The maximum Gasteiger partial charge on any atom is 0.408 e. The lowest BCUT2D eigenvalue weighted by atomic mass is 9.92. The number of hydrogen-bond acceptors (Lipinski definition) is 3. The molecule has 1 atom stereocenters. The predicted octanol–water partition coefficient (Wildman–Crippen LogP) is 3.33. The van der Waals surface area contributed by atoms with E-state index in [1.54, 1.807) is 26.8 Å². The van der Waals surface area contributed by atoms with E-state index in [1.165, 1.54) is 6.92 Å². The highest BCUT2D eigenvalue weighted by atomic mass is 16.6. The van der Waals surface area contributed by atoms with Crippen LogP contribution in [-0.4, -0.2) is 28.3 Å². The average Bonchev–Trinajstić information content (AvgIpc) is 2.36. The SMILES string of the molecule is C=CCc1cccc(CC(C)(NC(=O)OC(C)(C)C)C(=O)O)c1. The maximum absolute atomic E-state index is 11.9. The third-order valence-electron chi connectivity index (χ3n) is 3.18. The summed E-state index contributed by atoms with van der Waals surface area (Å²) >= 11 is 0. The average molecular weight is 319 g/mol. The van der Waals surface area contributed by atoms with E-state index in [-0.39, 0.29) is 6.42 Å². The van der Waals surface area contributed by atoms with Crippen LogP contribution in [0, 0.1) is 0 Å². The zero-order chi connectivity index (χ0) is 17.7. The number of hydrogen-bond donors (Lipinski definition) is 2. The van der Waals surface area contributed by atoms with E-state index in [4.69, 9.17) is 4.74 Å². The van der Waals surface area contributed by atoms with Crippen LogP contribution in [0.15, 0.2) is 36.9 Å². The highest BCUT2D eigenvalue weighted by Gasteiger charge is 2.36. The van der Waals surface area contributed by atoms with Crippen molar-refractivity contribution >= 4 is 12.1 Å². The first-order valence-corrected chi connectivity index (χ1v) is 7.49. The molecule has 1 aromatic rings. The number of carboxylic acids is 1. The summed E-state index contributed by atoms with van der Waals surface area (Å²) in [5.74, 6) is -1.11. The van der Waals surface area contributed by atoms with Gasteiger partial charge in [-0.1, -0.05) is 30.3 Å². The van der Waals surface area contributed by atoms with E-state index in [9.17, 15) is 14.7 Å². The second-order valence-corrected chi connectivity index (χ2v) is 6.75. The van der Waals surface area contributed by atoms with Crippen LogP contribution in [-0.2, 0) is 22.4 Å². The number of amides is 1. The Kier molecular flexibility index (Phi) is 5.96. The number of benzene rings is 1. The molecule has 0 spiro atoms. The maximum atomic E-state index is 11.9. The number of carboxylic acid groups (broad SMARTS) is 1. The zero-order valence-electron chi connectivity index (χ0n) is 14.2. The number of alkyl carbamates (subject to hydrolysis) is 1. The fourth-order valence-corrected chi connectivity index (χ4v) is 2.14. The van der Waals surface area contributed by atoms with Gasteiger partial charge >= 0.3 is 12.1 Å². The fourth-order valence-electron chi connectivity index (χ4n) is 2.14. The van der Waals surface area contributed by atoms with Gasteiger partial charge in [0.25, 0.3) is 0 Å². The van der Waals surface area contributed by atoms with Crippen molar-refractivity contribution in [3.05, 3.63) is 48.0 Å². The lowest BCUT2D eigenvalue weighted by molar-refractivity contribution is -0.144. The topological polar surface area (TPSA) is 75.6 Å². The molecule has 2 N–H and O–H groups in total. The van der Waals surface area contributed by atoms with Crippen LogP contribution in [0.3, 0.4) is 0 Å². The Bertz CT molecular complexity index is 589. The van der Waals surface area contributed by atoms with Gasteiger partial charge in [0.15, 0.2) is 0 Å². The molecule has 0 fully saturated rings. The molecule has 1 unspecified atom stereocenters. The first-order valence-electron chi connectivity index (χ1n) is 7.49. The predicted molar refractivity (Wildman–Crippen MR) is 89.5 cm³/mol. The molecule has 0 aliphatic heterocycles. The van der Waals surface area contributed by atoms with E-state index in [0.717, 1.165) is 11.1 Å². The van der Waals surface area contributed by atoms with Gasteiger partial charge in [0.2, 0.25) is 0 Å². The lowest BCUT2D eigenvalue weighted by Gasteiger charge is -2.28. The monoisotopic (exact) mass is 319 g/mol. The first kappa shape index (κ1) is 18.7. The van der Waals surface area contributed by atoms with Crippen molar-refractivity contribution in [2.75, 3.05) is 0 Å². The van der Waals surface area contributed by atoms with Gasteiger partial charge in [-0.15, -0.1) is 6.58 Å². The molecule has 0 aliphatic rings. The lowest BCUT2D eigenvalue weighted by Crippen LogP contribution is -2.54. The zero-order valence-corrected chi connectivity index (χ0v) is 14.2. The Labute approximate surface area is 137 Å². The minimum Gasteiger partial charge on any atom is -0.480 e. The Balaban J connectivity index is 2.93. The molecule has 5 nitrogen and oxygen atoms in total. The van der Waals surface area contributed by atoms with E-state index in [0.29, 0.717) is 6.42 Å². The molecule has 126 valence electrons. The Hall–Kier alpha value is -2.30. The van der Waals surface area contributed by atoms with Gasteiger partial charge < -0.3 is 15.2 Å². The molecule has 1 aromatic carbocycles. The Morgan fingerprint density at radius 1 is 1.26 bits per heavy atom.